The maximum Gasteiger partial charge on any atom is 0.351 e. The van der Waals surface area contributed by atoms with Crippen LogP contribution in [0, 0.1) is 11.8 Å². The van der Waals surface area contributed by atoms with E-state index in [1.165, 1.54) is 18.3 Å². The van der Waals surface area contributed by atoms with Gasteiger partial charge in [0.05, 0.1) is 11.8 Å². The zero-order chi connectivity index (χ0) is 21.9. The number of aromatic nitrogens is 2. The molecule has 0 aromatic carbocycles. The largest absolute Gasteiger partial charge is 0.462 e. The minimum atomic E-state index is -1.96. The normalized spacial score (nSPS) is 26.5. The molecule has 1 saturated heterocycles. The van der Waals surface area contributed by atoms with Gasteiger partial charge in [0.1, 0.15) is 12.4 Å². The van der Waals surface area contributed by atoms with Gasteiger partial charge in [0.2, 0.25) is 0 Å². The highest BCUT2D eigenvalue weighted by Crippen LogP contribution is 2.42. The molecule has 0 radical (unpaired) electrons. The van der Waals surface area contributed by atoms with Crippen LogP contribution in [0.3, 0.4) is 0 Å². The number of nitrogens with zero attached hydrogens (tertiary/aromatic N) is 2. The average molecular weight is 411 g/mol. The SMILES string of the molecule is C=C[C@]1(COC(=O)C(C)C)O[C@@H](n2ccc(N)nc2=O)[C@H](F)[C@@H]1OC(=O)C(C)C. The lowest BCUT2D eigenvalue weighted by Gasteiger charge is -2.31. The summed E-state index contributed by atoms with van der Waals surface area (Å²) in [5.74, 6) is -2.23. The van der Waals surface area contributed by atoms with Gasteiger partial charge in [-0.2, -0.15) is 4.98 Å². The van der Waals surface area contributed by atoms with E-state index in [0.29, 0.717) is 0 Å². The summed E-state index contributed by atoms with van der Waals surface area (Å²) in [7, 11) is 0. The minimum Gasteiger partial charge on any atom is -0.462 e. The molecule has 0 spiro atoms. The van der Waals surface area contributed by atoms with Gasteiger partial charge < -0.3 is 19.9 Å². The molecule has 160 valence electrons. The second-order valence-electron chi connectivity index (χ2n) is 7.43. The highest BCUT2D eigenvalue weighted by Gasteiger charge is 2.58. The quantitative estimate of drug-likeness (QED) is 0.527. The smallest absolute Gasteiger partial charge is 0.351 e. The third kappa shape index (κ3) is 4.64. The van der Waals surface area contributed by atoms with E-state index in [4.69, 9.17) is 19.9 Å². The third-order valence-electron chi connectivity index (χ3n) is 4.48. The fraction of sp³-hybridized carbons (Fsp3) is 0.579. The molecule has 0 aliphatic carbocycles. The Kier molecular flexibility index (Phi) is 6.78. The number of alkyl halides is 1. The molecule has 0 unspecified atom stereocenters. The van der Waals surface area contributed by atoms with Crippen molar-refractivity contribution < 1.29 is 28.2 Å². The molecule has 2 N–H and O–H groups in total. The summed E-state index contributed by atoms with van der Waals surface area (Å²) in [4.78, 5) is 39.8. The van der Waals surface area contributed by atoms with Crippen LogP contribution in [0.5, 0.6) is 0 Å². The zero-order valence-corrected chi connectivity index (χ0v) is 16.8. The molecular weight excluding hydrogens is 385 g/mol. The van der Waals surface area contributed by atoms with Crippen molar-refractivity contribution in [3.05, 3.63) is 35.4 Å². The fourth-order valence-corrected chi connectivity index (χ4v) is 2.72. The van der Waals surface area contributed by atoms with Crippen molar-refractivity contribution in [2.45, 2.75) is 51.8 Å². The number of ether oxygens (including phenoxy) is 3. The topological polar surface area (TPSA) is 123 Å². The Morgan fingerprint density at radius 1 is 1.38 bits per heavy atom. The lowest BCUT2D eigenvalue weighted by molar-refractivity contribution is -0.172. The maximum atomic E-state index is 15.4. The van der Waals surface area contributed by atoms with Crippen LogP contribution in [0.25, 0.3) is 0 Å². The molecule has 2 rings (SSSR count). The van der Waals surface area contributed by atoms with Crippen molar-refractivity contribution in [2.24, 2.45) is 11.8 Å². The minimum absolute atomic E-state index is 0.0386. The number of hydrogen-bond acceptors (Lipinski definition) is 8. The number of rotatable bonds is 7. The summed E-state index contributed by atoms with van der Waals surface area (Å²) in [6, 6.07) is 1.30. The van der Waals surface area contributed by atoms with Crippen molar-refractivity contribution in [2.75, 3.05) is 12.3 Å². The van der Waals surface area contributed by atoms with Crippen molar-refractivity contribution in [3.63, 3.8) is 0 Å². The zero-order valence-electron chi connectivity index (χ0n) is 16.8. The number of carbonyl (C=O) groups is 2. The summed E-state index contributed by atoms with van der Waals surface area (Å²) >= 11 is 0. The second kappa shape index (κ2) is 8.73. The Balaban J connectivity index is 2.43. The summed E-state index contributed by atoms with van der Waals surface area (Å²) in [6.45, 7) is 9.64. The van der Waals surface area contributed by atoms with Gasteiger partial charge in [-0.15, -0.1) is 0 Å². The number of esters is 2. The van der Waals surface area contributed by atoms with Crippen LogP contribution in [0.15, 0.2) is 29.7 Å². The van der Waals surface area contributed by atoms with E-state index in [1.54, 1.807) is 27.7 Å². The van der Waals surface area contributed by atoms with Crippen LogP contribution in [0.1, 0.15) is 33.9 Å². The molecule has 0 amide bonds. The predicted octanol–water partition coefficient (Wildman–Crippen LogP) is 1.38. The molecule has 9 nitrogen and oxygen atoms in total. The third-order valence-corrected chi connectivity index (χ3v) is 4.48. The number of halogens is 1. The molecule has 10 heteroatoms. The first kappa shape index (κ1) is 22.5. The number of nitrogen functional groups attached to an aromatic ring is 1. The van der Waals surface area contributed by atoms with Gasteiger partial charge >= 0.3 is 17.6 Å². The number of anilines is 1. The highest BCUT2D eigenvalue weighted by molar-refractivity contribution is 5.72. The number of carbonyl (C=O) groups excluding carboxylic acids is 2. The van der Waals surface area contributed by atoms with Crippen molar-refractivity contribution in [1.82, 2.24) is 9.55 Å². The van der Waals surface area contributed by atoms with Gasteiger partial charge in [-0.25, -0.2) is 9.18 Å². The average Bonchev–Trinajstić information content (AvgIpc) is 2.92. The van der Waals surface area contributed by atoms with Crippen LogP contribution in [0.2, 0.25) is 0 Å². The monoisotopic (exact) mass is 411 g/mol. The molecule has 1 aromatic rings. The Morgan fingerprint density at radius 3 is 2.52 bits per heavy atom. The molecular formula is C19H26FN3O6. The lowest BCUT2D eigenvalue weighted by Crippen LogP contribution is -2.48. The van der Waals surface area contributed by atoms with Crippen molar-refractivity contribution in [1.29, 1.82) is 0 Å². The standard InChI is InChI=1S/C19H26FN3O6/c1-6-19(9-27-16(24)10(2)3)14(28-17(25)11(4)5)13(20)15(29-19)23-8-7-12(21)22-18(23)26/h6-8,10-11,13-15H,1,9H2,2-5H3,(H2,21,22,26)/t13-,14+,15-,19-/m1/s1. The predicted molar refractivity (Wildman–Crippen MR) is 101 cm³/mol. The van der Waals surface area contributed by atoms with E-state index in [2.05, 4.69) is 11.6 Å². The fourth-order valence-electron chi connectivity index (χ4n) is 2.72. The molecule has 2 heterocycles. The van der Waals surface area contributed by atoms with Gasteiger partial charge in [0.15, 0.2) is 24.1 Å². The van der Waals surface area contributed by atoms with E-state index in [-0.39, 0.29) is 5.82 Å². The van der Waals surface area contributed by atoms with Crippen molar-refractivity contribution >= 4 is 17.8 Å². The van der Waals surface area contributed by atoms with Gasteiger partial charge in [0.25, 0.3) is 0 Å². The van der Waals surface area contributed by atoms with E-state index in [0.717, 1.165) is 4.57 Å². The highest BCUT2D eigenvalue weighted by atomic mass is 19.1. The van der Waals surface area contributed by atoms with Crippen LogP contribution in [-0.2, 0) is 23.8 Å². The molecule has 4 atom stereocenters. The Labute approximate surface area is 167 Å². The second-order valence-corrected chi connectivity index (χ2v) is 7.43. The Bertz CT molecular complexity index is 839. The summed E-state index contributed by atoms with van der Waals surface area (Å²) < 4.78 is 32.6. The first-order chi connectivity index (χ1) is 13.5. The molecule has 1 aliphatic rings. The Hall–Kier alpha value is -2.75. The lowest BCUT2D eigenvalue weighted by atomic mass is 9.96. The number of nitrogens with two attached hydrogens (primary N) is 1. The molecule has 0 saturated carbocycles. The molecule has 1 fully saturated rings. The maximum absolute atomic E-state index is 15.4. The van der Waals surface area contributed by atoms with Gasteiger partial charge in [0, 0.05) is 6.20 Å². The van der Waals surface area contributed by atoms with E-state index in [1.807, 2.05) is 0 Å². The summed E-state index contributed by atoms with van der Waals surface area (Å²) in [5.41, 5.74) is 2.94. The van der Waals surface area contributed by atoms with Crippen LogP contribution in [0.4, 0.5) is 10.2 Å². The molecule has 1 aromatic heterocycles. The number of hydrogen-bond donors (Lipinski definition) is 1. The first-order valence-electron chi connectivity index (χ1n) is 9.19. The van der Waals surface area contributed by atoms with E-state index < -0.39 is 60.2 Å². The molecule has 29 heavy (non-hydrogen) atoms. The first-order valence-corrected chi connectivity index (χ1v) is 9.19. The van der Waals surface area contributed by atoms with E-state index >= 15 is 4.39 Å². The van der Waals surface area contributed by atoms with Crippen LogP contribution < -0.4 is 11.4 Å². The van der Waals surface area contributed by atoms with Crippen molar-refractivity contribution in [3.8, 4) is 0 Å². The summed E-state index contributed by atoms with van der Waals surface area (Å²) in [5, 5.41) is 0. The van der Waals surface area contributed by atoms with Crippen LogP contribution >= 0.6 is 0 Å². The molecule has 1 aliphatic heterocycles. The van der Waals surface area contributed by atoms with Gasteiger partial charge in [-0.1, -0.05) is 40.3 Å². The molecule has 0 bridgehead atoms. The van der Waals surface area contributed by atoms with Gasteiger partial charge in [-0.3, -0.25) is 14.2 Å². The van der Waals surface area contributed by atoms with Crippen LogP contribution in [-0.4, -0.2) is 46.0 Å². The summed E-state index contributed by atoms with van der Waals surface area (Å²) in [6.07, 6.45) is -2.51. The van der Waals surface area contributed by atoms with Gasteiger partial charge in [-0.05, 0) is 6.07 Å². The van der Waals surface area contributed by atoms with E-state index in [9.17, 15) is 14.4 Å². The Morgan fingerprint density at radius 2 is 2.00 bits per heavy atom.